The summed E-state index contributed by atoms with van der Waals surface area (Å²) in [7, 11) is 0. The van der Waals surface area contributed by atoms with E-state index in [9.17, 15) is 0 Å². The molecule has 1 fully saturated rings. The first-order valence-electron chi connectivity index (χ1n) is 6.16. The van der Waals surface area contributed by atoms with Crippen molar-refractivity contribution >= 4 is 5.84 Å². The third-order valence-corrected chi connectivity index (χ3v) is 3.11. The highest BCUT2D eigenvalue weighted by Gasteiger charge is 2.22. The summed E-state index contributed by atoms with van der Waals surface area (Å²) in [6.45, 7) is 6.64. The lowest BCUT2D eigenvalue weighted by Crippen LogP contribution is -2.38. The molecule has 0 spiro atoms. The smallest absolute Gasteiger partial charge is 0.0918 e. The normalized spacial score (nSPS) is 17.9. The van der Waals surface area contributed by atoms with Crippen molar-refractivity contribution in [1.29, 1.82) is 5.41 Å². The number of nitrogens with two attached hydrogens (primary N) is 1. The first-order valence-corrected chi connectivity index (χ1v) is 6.16. The molecule has 3 N–H and O–H groups in total. The molecule has 0 bridgehead atoms. The summed E-state index contributed by atoms with van der Waals surface area (Å²) in [5.41, 5.74) is 5.43. The molecule has 1 aliphatic rings. The predicted octanol–water partition coefficient (Wildman–Crippen LogP) is 2.21. The van der Waals surface area contributed by atoms with E-state index in [1.165, 1.54) is 25.7 Å². The molecular formula is C12H25N3. The van der Waals surface area contributed by atoms with Gasteiger partial charge in [-0.15, -0.1) is 0 Å². The Labute approximate surface area is 93.5 Å². The standard InChI is InChI=1S/C12H25N3/c1-10(2)9-15(8-7-12(13)14)11-5-3-4-6-11/h10-11H,3-9H2,1-2H3,(H3,13,14). The highest BCUT2D eigenvalue weighted by Crippen LogP contribution is 2.24. The van der Waals surface area contributed by atoms with Gasteiger partial charge in [0.25, 0.3) is 0 Å². The third-order valence-electron chi connectivity index (χ3n) is 3.11. The second-order valence-corrected chi connectivity index (χ2v) is 5.10. The fraction of sp³-hybridized carbons (Fsp3) is 0.917. The maximum absolute atomic E-state index is 7.29. The van der Waals surface area contributed by atoms with Crippen molar-refractivity contribution in [2.45, 2.75) is 52.0 Å². The molecule has 3 nitrogen and oxygen atoms in total. The van der Waals surface area contributed by atoms with Crippen molar-refractivity contribution in [3.63, 3.8) is 0 Å². The van der Waals surface area contributed by atoms with E-state index in [4.69, 9.17) is 11.1 Å². The van der Waals surface area contributed by atoms with Gasteiger partial charge in [-0.25, -0.2) is 0 Å². The molecule has 1 rings (SSSR count). The van der Waals surface area contributed by atoms with E-state index < -0.39 is 0 Å². The fourth-order valence-electron chi connectivity index (χ4n) is 2.43. The summed E-state index contributed by atoms with van der Waals surface area (Å²) in [4.78, 5) is 2.54. The lowest BCUT2D eigenvalue weighted by Gasteiger charge is -2.30. The predicted molar refractivity (Wildman–Crippen MR) is 65.2 cm³/mol. The zero-order chi connectivity index (χ0) is 11.3. The Morgan fingerprint density at radius 2 is 2.00 bits per heavy atom. The van der Waals surface area contributed by atoms with Crippen LogP contribution in [0, 0.1) is 11.3 Å². The monoisotopic (exact) mass is 211 g/mol. The van der Waals surface area contributed by atoms with Crippen LogP contribution in [0.1, 0.15) is 46.0 Å². The first-order chi connectivity index (χ1) is 7.09. The van der Waals surface area contributed by atoms with Crippen molar-refractivity contribution in [2.24, 2.45) is 11.7 Å². The SMILES string of the molecule is CC(C)CN(CCC(=N)N)C1CCCC1. The number of amidine groups is 1. The van der Waals surface area contributed by atoms with Gasteiger partial charge in [-0.3, -0.25) is 10.3 Å². The average molecular weight is 211 g/mol. The van der Waals surface area contributed by atoms with E-state index in [1.54, 1.807) is 0 Å². The van der Waals surface area contributed by atoms with E-state index >= 15 is 0 Å². The molecule has 0 amide bonds. The van der Waals surface area contributed by atoms with Crippen LogP contribution in [-0.4, -0.2) is 29.9 Å². The number of rotatable bonds is 6. The van der Waals surface area contributed by atoms with Gasteiger partial charge in [0.1, 0.15) is 0 Å². The van der Waals surface area contributed by atoms with E-state index in [1.807, 2.05) is 0 Å². The lowest BCUT2D eigenvalue weighted by atomic mass is 10.1. The van der Waals surface area contributed by atoms with E-state index in [-0.39, 0.29) is 0 Å². The molecule has 1 saturated carbocycles. The quantitative estimate of drug-likeness (QED) is 0.523. The van der Waals surface area contributed by atoms with Gasteiger partial charge in [-0.2, -0.15) is 0 Å². The third kappa shape index (κ3) is 4.65. The van der Waals surface area contributed by atoms with Crippen molar-refractivity contribution in [2.75, 3.05) is 13.1 Å². The molecule has 0 aromatic heterocycles. The Kier molecular flexibility index (Phi) is 5.09. The largest absolute Gasteiger partial charge is 0.388 e. The molecule has 0 saturated heterocycles. The Bertz CT molecular complexity index is 195. The second kappa shape index (κ2) is 6.11. The minimum absolute atomic E-state index is 0.321. The van der Waals surface area contributed by atoms with Gasteiger partial charge < -0.3 is 5.73 Å². The summed E-state index contributed by atoms with van der Waals surface area (Å²) in [6.07, 6.45) is 6.15. The molecule has 3 heteroatoms. The van der Waals surface area contributed by atoms with Gasteiger partial charge in [0.2, 0.25) is 0 Å². The number of nitrogens with one attached hydrogen (secondary N) is 1. The summed E-state index contributed by atoms with van der Waals surface area (Å²) in [5, 5.41) is 7.29. The van der Waals surface area contributed by atoms with Crippen molar-refractivity contribution in [1.82, 2.24) is 4.90 Å². The Hall–Kier alpha value is -0.570. The van der Waals surface area contributed by atoms with Crippen LogP contribution < -0.4 is 5.73 Å². The van der Waals surface area contributed by atoms with Crippen LogP contribution in [0.2, 0.25) is 0 Å². The summed E-state index contributed by atoms with van der Waals surface area (Å²) in [6, 6.07) is 0.756. The molecule has 0 unspecified atom stereocenters. The van der Waals surface area contributed by atoms with Crippen LogP contribution in [0.4, 0.5) is 0 Å². The van der Waals surface area contributed by atoms with Crippen LogP contribution >= 0.6 is 0 Å². The molecule has 88 valence electrons. The van der Waals surface area contributed by atoms with Gasteiger partial charge in [0.05, 0.1) is 5.84 Å². The average Bonchev–Trinajstić information content (AvgIpc) is 2.63. The van der Waals surface area contributed by atoms with Gasteiger partial charge >= 0.3 is 0 Å². The van der Waals surface area contributed by atoms with Gasteiger partial charge in [-0.1, -0.05) is 26.7 Å². The topological polar surface area (TPSA) is 53.1 Å². The van der Waals surface area contributed by atoms with Crippen LogP contribution in [0.5, 0.6) is 0 Å². The Balaban J connectivity index is 2.40. The Morgan fingerprint density at radius 1 is 1.40 bits per heavy atom. The maximum Gasteiger partial charge on any atom is 0.0918 e. The second-order valence-electron chi connectivity index (χ2n) is 5.10. The zero-order valence-corrected chi connectivity index (χ0v) is 10.1. The fourth-order valence-corrected chi connectivity index (χ4v) is 2.43. The minimum Gasteiger partial charge on any atom is -0.388 e. The molecular weight excluding hydrogens is 186 g/mol. The van der Waals surface area contributed by atoms with Gasteiger partial charge in [0.15, 0.2) is 0 Å². The molecule has 1 aliphatic carbocycles. The summed E-state index contributed by atoms with van der Waals surface area (Å²) < 4.78 is 0. The molecule has 0 heterocycles. The van der Waals surface area contributed by atoms with E-state index in [0.29, 0.717) is 11.8 Å². The molecule has 0 aliphatic heterocycles. The molecule has 0 aromatic carbocycles. The highest BCUT2D eigenvalue weighted by atomic mass is 15.2. The van der Waals surface area contributed by atoms with E-state index in [2.05, 4.69) is 18.7 Å². The van der Waals surface area contributed by atoms with Crippen molar-refractivity contribution in [3.8, 4) is 0 Å². The lowest BCUT2D eigenvalue weighted by molar-refractivity contribution is 0.182. The number of nitrogens with zero attached hydrogens (tertiary/aromatic N) is 1. The minimum atomic E-state index is 0.321. The van der Waals surface area contributed by atoms with Crippen molar-refractivity contribution < 1.29 is 0 Å². The van der Waals surface area contributed by atoms with Gasteiger partial charge in [-0.05, 0) is 18.8 Å². The molecule has 0 radical (unpaired) electrons. The summed E-state index contributed by atoms with van der Waals surface area (Å²) >= 11 is 0. The van der Waals surface area contributed by atoms with Crippen LogP contribution in [0.3, 0.4) is 0 Å². The maximum atomic E-state index is 7.29. The first kappa shape index (κ1) is 12.5. The van der Waals surface area contributed by atoms with Gasteiger partial charge in [0, 0.05) is 25.6 Å². The van der Waals surface area contributed by atoms with Crippen LogP contribution in [0.15, 0.2) is 0 Å². The number of hydrogen-bond donors (Lipinski definition) is 2. The van der Waals surface area contributed by atoms with Crippen LogP contribution in [-0.2, 0) is 0 Å². The van der Waals surface area contributed by atoms with E-state index in [0.717, 1.165) is 25.6 Å². The molecule has 15 heavy (non-hydrogen) atoms. The summed E-state index contributed by atoms with van der Waals surface area (Å²) in [5.74, 6) is 1.03. The Morgan fingerprint density at radius 3 is 2.47 bits per heavy atom. The molecule has 0 aromatic rings. The molecule has 0 atom stereocenters. The van der Waals surface area contributed by atoms with Crippen molar-refractivity contribution in [3.05, 3.63) is 0 Å². The van der Waals surface area contributed by atoms with Crippen LogP contribution in [0.25, 0.3) is 0 Å². The number of hydrogen-bond acceptors (Lipinski definition) is 2. The zero-order valence-electron chi connectivity index (χ0n) is 10.1. The highest BCUT2D eigenvalue weighted by molar-refractivity contribution is 5.76.